The molecule has 0 aliphatic carbocycles. The Hall–Kier alpha value is -0.310. The van der Waals surface area contributed by atoms with Gasteiger partial charge in [-0.3, -0.25) is 9.35 Å². The fraction of sp³-hybridized carbons (Fsp3) is 0.833. The number of rotatable bonds is 6. The Morgan fingerprint density at radius 3 is 2.64 bits per heavy atom. The molecule has 0 aliphatic rings. The third kappa shape index (κ3) is 7.13. The minimum absolute atomic E-state index is 0.157. The quantitative estimate of drug-likeness (QED) is 0.152. The monoisotopic (exact) mass is 245 g/mol. The van der Waals surface area contributed by atoms with E-state index in [1.165, 1.54) is 0 Å². The maximum Gasteiger partial charge on any atom is 0.264 e. The smallest absolute Gasteiger partial charge is 0.264 e. The molecular weight excluding hydrogens is 231 g/mol. The molecule has 14 heavy (non-hydrogen) atoms. The molecule has 0 aromatic carbocycles. The van der Waals surface area contributed by atoms with Crippen molar-refractivity contribution in [2.75, 3.05) is 18.1 Å². The van der Waals surface area contributed by atoms with Gasteiger partial charge in [-0.25, -0.2) is 0 Å². The summed E-state index contributed by atoms with van der Waals surface area (Å²) in [6.45, 7) is 0.167. The van der Waals surface area contributed by atoms with Gasteiger partial charge in [-0.1, -0.05) is 0 Å². The Morgan fingerprint density at radius 1 is 1.64 bits per heavy atom. The first-order valence-electron chi connectivity index (χ1n) is 3.96. The molecule has 1 amide bonds. The number of carbonyl (C=O) groups is 1. The second-order valence-corrected chi connectivity index (χ2v) is 4.66. The van der Waals surface area contributed by atoms with Gasteiger partial charge in [-0.05, 0) is 6.42 Å². The summed E-state index contributed by atoms with van der Waals surface area (Å²) >= 11 is 3.82. The fourth-order valence-corrected chi connectivity index (χ4v) is 1.36. The molecular formula is C6H14N2O4S2. The molecule has 0 aromatic heterocycles. The van der Waals surface area contributed by atoms with Gasteiger partial charge in [-0.15, -0.1) is 0 Å². The van der Waals surface area contributed by atoms with Crippen molar-refractivity contribution in [1.82, 2.24) is 5.32 Å². The molecule has 0 unspecified atom stereocenters. The minimum Gasteiger partial charge on any atom is -0.355 e. The average molecular weight is 245 g/mol. The van der Waals surface area contributed by atoms with Crippen LogP contribution in [0.3, 0.4) is 0 Å². The lowest BCUT2D eigenvalue weighted by molar-refractivity contribution is -0.121. The van der Waals surface area contributed by atoms with Crippen molar-refractivity contribution >= 4 is 28.7 Å². The summed E-state index contributed by atoms with van der Waals surface area (Å²) in [5.74, 6) is -0.525. The highest BCUT2D eigenvalue weighted by atomic mass is 32.2. The highest BCUT2D eigenvalue weighted by Gasteiger charge is 2.10. The zero-order valence-corrected chi connectivity index (χ0v) is 9.22. The maximum absolute atomic E-state index is 11.0. The summed E-state index contributed by atoms with van der Waals surface area (Å²) in [4.78, 5) is 11.0. The van der Waals surface area contributed by atoms with E-state index in [1.54, 1.807) is 0 Å². The van der Waals surface area contributed by atoms with E-state index in [1.807, 2.05) is 0 Å². The molecule has 0 rings (SSSR count). The molecule has 84 valence electrons. The van der Waals surface area contributed by atoms with Crippen molar-refractivity contribution in [2.45, 2.75) is 12.5 Å². The molecule has 0 saturated carbocycles. The van der Waals surface area contributed by atoms with Crippen molar-refractivity contribution in [3.63, 3.8) is 0 Å². The molecule has 0 aliphatic heterocycles. The molecule has 4 N–H and O–H groups in total. The molecule has 0 aromatic rings. The second kappa shape index (κ2) is 6.23. The van der Waals surface area contributed by atoms with Crippen LogP contribution in [0.4, 0.5) is 0 Å². The summed E-state index contributed by atoms with van der Waals surface area (Å²) < 4.78 is 28.9. The summed E-state index contributed by atoms with van der Waals surface area (Å²) in [7, 11) is -3.95. The normalized spacial score (nSPS) is 13.6. The lowest BCUT2D eigenvalue weighted by Crippen LogP contribution is -2.42. The van der Waals surface area contributed by atoms with E-state index in [0.29, 0.717) is 0 Å². The minimum atomic E-state index is -3.95. The number of carbonyl (C=O) groups excluding carboxylic acids is 1. The molecule has 0 heterocycles. The highest BCUT2D eigenvalue weighted by molar-refractivity contribution is 7.85. The van der Waals surface area contributed by atoms with Gasteiger partial charge in [0.05, 0.1) is 11.8 Å². The Morgan fingerprint density at radius 2 is 2.21 bits per heavy atom. The number of amides is 1. The topological polar surface area (TPSA) is 109 Å². The third-order valence-electron chi connectivity index (χ3n) is 1.41. The fourth-order valence-electron chi connectivity index (χ4n) is 0.680. The van der Waals surface area contributed by atoms with E-state index < -0.39 is 16.2 Å². The second-order valence-electron chi connectivity index (χ2n) is 2.72. The summed E-state index contributed by atoms with van der Waals surface area (Å²) in [6, 6.07) is -0.691. The first-order valence-corrected chi connectivity index (χ1v) is 6.20. The zero-order chi connectivity index (χ0) is 11.2. The standard InChI is InChI=1S/C6H14N2O4S2/c7-5(4-13)6(9)8-2-1-3-14(10,11)12/h5,13H,1-4,7H2,(H,8,9)(H,10,11,12)/t5-/m0/s1/i8+1,9+2. The van der Waals surface area contributed by atoms with Crippen molar-refractivity contribution in [1.29, 1.82) is 0 Å². The van der Waals surface area contributed by atoms with E-state index >= 15 is 0 Å². The van der Waals surface area contributed by atoms with Crippen LogP contribution >= 0.6 is 12.6 Å². The van der Waals surface area contributed by atoms with Crippen molar-refractivity contribution < 1.29 is 17.8 Å². The molecule has 8 heteroatoms. The number of hydrogen-bond donors (Lipinski definition) is 4. The predicted octanol–water partition coefficient (Wildman–Crippen LogP) is -1.36. The van der Waals surface area contributed by atoms with Crippen molar-refractivity contribution in [3.8, 4) is 0 Å². The van der Waals surface area contributed by atoms with E-state index in [-0.39, 0.29) is 30.4 Å². The van der Waals surface area contributed by atoms with Crippen LogP contribution in [0, 0.1) is 0 Å². The molecule has 0 spiro atoms. The van der Waals surface area contributed by atoms with Crippen LogP contribution in [0.1, 0.15) is 6.42 Å². The highest BCUT2D eigenvalue weighted by Crippen LogP contribution is 1.88. The van der Waals surface area contributed by atoms with Crippen LogP contribution in [0.5, 0.6) is 0 Å². The first kappa shape index (κ1) is 13.7. The zero-order valence-electron chi connectivity index (χ0n) is 7.51. The predicted molar refractivity (Wildman–Crippen MR) is 55.9 cm³/mol. The van der Waals surface area contributed by atoms with Gasteiger partial charge in [0.2, 0.25) is 5.91 Å². The molecule has 0 saturated heterocycles. The van der Waals surface area contributed by atoms with Gasteiger partial charge in [0.1, 0.15) is 0 Å². The molecule has 0 bridgehead atoms. The van der Waals surface area contributed by atoms with Gasteiger partial charge in [0.25, 0.3) is 10.1 Å². The van der Waals surface area contributed by atoms with E-state index in [0.717, 1.165) is 0 Å². The average Bonchev–Trinajstić information content (AvgIpc) is 2.09. The van der Waals surface area contributed by atoms with Crippen LogP contribution < -0.4 is 11.1 Å². The largest absolute Gasteiger partial charge is 0.355 e. The van der Waals surface area contributed by atoms with Crippen LogP contribution in [-0.4, -0.2) is 43.0 Å². The van der Waals surface area contributed by atoms with E-state index in [4.69, 9.17) is 10.3 Å². The SMILES string of the molecule is N[C@@H](CS)C(=[18O])[15NH]CCCS(=O)(=O)O. The Bertz CT molecular complexity index is 278. The van der Waals surface area contributed by atoms with Gasteiger partial charge >= 0.3 is 0 Å². The Balaban J connectivity index is 3.61. The summed E-state index contributed by atoms with van der Waals surface area (Å²) in [5, 5.41) is 2.42. The number of nitrogens with one attached hydrogen (secondary N) is 1. The molecule has 1 atom stereocenters. The first-order chi connectivity index (χ1) is 6.37. The Labute approximate surface area is 88.4 Å². The summed E-state index contributed by atoms with van der Waals surface area (Å²) in [6.07, 6.45) is 0.157. The number of nitrogens with two attached hydrogens (primary N) is 1. The van der Waals surface area contributed by atoms with Crippen molar-refractivity contribution in [2.24, 2.45) is 5.73 Å². The van der Waals surface area contributed by atoms with E-state index in [9.17, 15) is 13.2 Å². The molecule has 0 radical (unpaired) electrons. The van der Waals surface area contributed by atoms with Gasteiger partial charge in [0, 0.05) is 12.3 Å². The number of hydrogen-bond acceptors (Lipinski definition) is 5. The van der Waals surface area contributed by atoms with Gasteiger partial charge < -0.3 is 11.1 Å². The molecule has 6 nitrogen and oxygen atoms in total. The van der Waals surface area contributed by atoms with Gasteiger partial charge in [-0.2, -0.15) is 21.0 Å². The van der Waals surface area contributed by atoms with Crippen LogP contribution in [0.2, 0.25) is 0 Å². The van der Waals surface area contributed by atoms with Gasteiger partial charge in [0.15, 0.2) is 0 Å². The van der Waals surface area contributed by atoms with Crippen LogP contribution in [0.25, 0.3) is 0 Å². The number of thiol groups is 1. The van der Waals surface area contributed by atoms with Crippen molar-refractivity contribution in [3.05, 3.63) is 0 Å². The third-order valence-corrected chi connectivity index (χ3v) is 2.61. The Kier molecular flexibility index (Phi) is 6.09. The maximum atomic E-state index is 11.0. The van der Waals surface area contributed by atoms with Crippen LogP contribution in [-0.2, 0) is 14.9 Å². The summed E-state index contributed by atoms with van der Waals surface area (Å²) in [5.41, 5.74) is 5.33. The van der Waals surface area contributed by atoms with Crippen LogP contribution in [0.15, 0.2) is 0 Å². The molecule has 0 fully saturated rings. The lowest BCUT2D eigenvalue weighted by Gasteiger charge is -2.08. The lowest BCUT2D eigenvalue weighted by atomic mass is 10.3. The van der Waals surface area contributed by atoms with E-state index in [2.05, 4.69) is 17.9 Å².